The molecular weight excluding hydrogens is 228 g/mol. The maximum atomic E-state index is 9.29. The summed E-state index contributed by atoms with van der Waals surface area (Å²) in [6.45, 7) is 2.62. The maximum Gasteiger partial charge on any atom is 0.303 e. The highest BCUT2D eigenvalue weighted by Crippen LogP contribution is 2.25. The summed E-state index contributed by atoms with van der Waals surface area (Å²) in [6.07, 6.45) is 1.53. The SMILES string of the molecule is CCn1c(Cl)cnc1Oc1cccc(O)c1. The van der Waals surface area contributed by atoms with Gasteiger partial charge in [0.25, 0.3) is 0 Å². The van der Waals surface area contributed by atoms with Crippen LogP contribution >= 0.6 is 11.6 Å². The van der Waals surface area contributed by atoms with Gasteiger partial charge in [-0.1, -0.05) is 17.7 Å². The summed E-state index contributed by atoms with van der Waals surface area (Å²) in [4.78, 5) is 4.04. The average Bonchev–Trinajstić information content (AvgIpc) is 2.59. The van der Waals surface area contributed by atoms with E-state index in [9.17, 15) is 5.11 Å². The van der Waals surface area contributed by atoms with E-state index in [-0.39, 0.29) is 5.75 Å². The van der Waals surface area contributed by atoms with Crippen LogP contribution in [0.4, 0.5) is 0 Å². The highest BCUT2D eigenvalue weighted by atomic mass is 35.5. The maximum absolute atomic E-state index is 9.29. The number of imidazole rings is 1. The van der Waals surface area contributed by atoms with Crippen LogP contribution in [0.1, 0.15) is 6.92 Å². The predicted octanol–water partition coefficient (Wildman–Crippen LogP) is 3.05. The summed E-state index contributed by atoms with van der Waals surface area (Å²) < 4.78 is 7.24. The van der Waals surface area contributed by atoms with Crippen LogP contribution in [0.15, 0.2) is 30.5 Å². The van der Waals surface area contributed by atoms with Crippen LogP contribution in [0, 0.1) is 0 Å². The lowest BCUT2D eigenvalue weighted by Crippen LogP contribution is -1.98. The number of aromatic hydroxyl groups is 1. The molecule has 1 heterocycles. The lowest BCUT2D eigenvalue weighted by Gasteiger charge is -2.07. The molecule has 0 aliphatic rings. The first-order chi connectivity index (χ1) is 7.70. The van der Waals surface area contributed by atoms with Crippen LogP contribution < -0.4 is 4.74 Å². The molecule has 16 heavy (non-hydrogen) atoms. The van der Waals surface area contributed by atoms with Crippen molar-refractivity contribution in [2.75, 3.05) is 0 Å². The molecule has 0 aliphatic heterocycles. The van der Waals surface area contributed by atoms with Gasteiger partial charge in [0.15, 0.2) is 0 Å². The topological polar surface area (TPSA) is 47.3 Å². The lowest BCUT2D eigenvalue weighted by atomic mass is 10.3. The van der Waals surface area contributed by atoms with Crippen LogP contribution in [0.25, 0.3) is 0 Å². The zero-order chi connectivity index (χ0) is 11.5. The second kappa shape index (κ2) is 4.45. The molecule has 0 spiro atoms. The summed E-state index contributed by atoms with van der Waals surface area (Å²) >= 11 is 5.91. The fourth-order valence-electron chi connectivity index (χ4n) is 1.36. The zero-order valence-electron chi connectivity index (χ0n) is 8.72. The Morgan fingerprint density at radius 2 is 2.31 bits per heavy atom. The Labute approximate surface area is 98.1 Å². The van der Waals surface area contributed by atoms with Crippen molar-refractivity contribution in [2.45, 2.75) is 13.5 Å². The van der Waals surface area contributed by atoms with Gasteiger partial charge in [-0.2, -0.15) is 0 Å². The Morgan fingerprint density at radius 1 is 1.50 bits per heavy atom. The third kappa shape index (κ3) is 2.12. The minimum Gasteiger partial charge on any atom is -0.508 e. The standard InChI is InChI=1S/C11H11ClN2O2/c1-2-14-10(12)7-13-11(14)16-9-5-3-4-8(15)6-9/h3-7,15H,2H2,1H3. The second-order valence-electron chi connectivity index (χ2n) is 3.21. The number of aromatic nitrogens is 2. The molecule has 1 aromatic heterocycles. The van der Waals surface area contributed by atoms with Crippen LogP contribution in [0.3, 0.4) is 0 Å². The molecule has 5 heteroatoms. The first-order valence-electron chi connectivity index (χ1n) is 4.88. The summed E-state index contributed by atoms with van der Waals surface area (Å²) in [7, 11) is 0. The van der Waals surface area contributed by atoms with Gasteiger partial charge >= 0.3 is 6.01 Å². The Bertz CT molecular complexity index is 496. The summed E-state index contributed by atoms with van der Waals surface area (Å²) in [5.74, 6) is 0.676. The predicted molar refractivity (Wildman–Crippen MR) is 61.1 cm³/mol. The molecule has 0 saturated carbocycles. The molecular formula is C11H11ClN2O2. The number of phenols is 1. The van der Waals surface area contributed by atoms with Crippen LogP contribution in [0.2, 0.25) is 5.15 Å². The van der Waals surface area contributed by atoms with Crippen molar-refractivity contribution >= 4 is 11.6 Å². The molecule has 0 bridgehead atoms. The van der Waals surface area contributed by atoms with Crippen molar-refractivity contribution in [3.8, 4) is 17.5 Å². The largest absolute Gasteiger partial charge is 0.508 e. The molecule has 0 atom stereocenters. The number of phenolic OH excluding ortho intramolecular Hbond substituents is 1. The highest BCUT2D eigenvalue weighted by Gasteiger charge is 2.08. The minimum atomic E-state index is 0.151. The van der Waals surface area contributed by atoms with Gasteiger partial charge in [-0.3, -0.25) is 4.57 Å². The number of ether oxygens (including phenoxy) is 1. The van der Waals surface area contributed by atoms with Crippen LogP contribution in [-0.4, -0.2) is 14.7 Å². The first-order valence-corrected chi connectivity index (χ1v) is 5.26. The van der Waals surface area contributed by atoms with E-state index in [0.717, 1.165) is 0 Å². The summed E-state index contributed by atoms with van der Waals surface area (Å²) in [6, 6.07) is 6.95. The second-order valence-corrected chi connectivity index (χ2v) is 3.59. The Kier molecular flexibility index (Phi) is 3.01. The molecule has 84 valence electrons. The van der Waals surface area contributed by atoms with Gasteiger partial charge in [-0.15, -0.1) is 0 Å². The molecule has 1 N–H and O–H groups in total. The Hall–Kier alpha value is -1.68. The van der Waals surface area contributed by atoms with Crippen molar-refractivity contribution in [3.05, 3.63) is 35.6 Å². The molecule has 0 unspecified atom stereocenters. The zero-order valence-corrected chi connectivity index (χ0v) is 9.48. The van der Waals surface area contributed by atoms with Crippen LogP contribution in [-0.2, 0) is 6.54 Å². The van der Waals surface area contributed by atoms with Gasteiger partial charge in [0, 0.05) is 12.6 Å². The monoisotopic (exact) mass is 238 g/mol. The number of halogens is 1. The van der Waals surface area contributed by atoms with Gasteiger partial charge in [0.2, 0.25) is 0 Å². The molecule has 0 saturated heterocycles. The molecule has 0 amide bonds. The van der Waals surface area contributed by atoms with E-state index in [1.165, 1.54) is 12.3 Å². The van der Waals surface area contributed by atoms with E-state index in [1.54, 1.807) is 22.8 Å². The molecule has 0 radical (unpaired) electrons. The van der Waals surface area contributed by atoms with Crippen molar-refractivity contribution in [2.24, 2.45) is 0 Å². The quantitative estimate of drug-likeness (QED) is 0.894. The van der Waals surface area contributed by atoms with Crippen molar-refractivity contribution in [1.82, 2.24) is 9.55 Å². The van der Waals surface area contributed by atoms with E-state index in [1.807, 2.05) is 6.92 Å². The smallest absolute Gasteiger partial charge is 0.303 e. The van der Waals surface area contributed by atoms with Gasteiger partial charge in [-0.05, 0) is 19.1 Å². The van der Waals surface area contributed by atoms with Gasteiger partial charge < -0.3 is 9.84 Å². The van der Waals surface area contributed by atoms with Crippen molar-refractivity contribution in [3.63, 3.8) is 0 Å². The van der Waals surface area contributed by atoms with E-state index >= 15 is 0 Å². The number of nitrogens with zero attached hydrogens (tertiary/aromatic N) is 2. The Balaban J connectivity index is 2.27. The molecule has 4 nitrogen and oxygen atoms in total. The third-order valence-corrected chi connectivity index (χ3v) is 2.41. The number of benzene rings is 1. The molecule has 0 fully saturated rings. The lowest BCUT2D eigenvalue weighted by molar-refractivity contribution is 0.409. The number of rotatable bonds is 3. The normalized spacial score (nSPS) is 10.4. The summed E-state index contributed by atoms with van der Waals surface area (Å²) in [5, 5.41) is 9.82. The van der Waals surface area contributed by atoms with Crippen molar-refractivity contribution < 1.29 is 9.84 Å². The summed E-state index contributed by atoms with van der Waals surface area (Å²) in [5.41, 5.74) is 0. The molecule has 2 rings (SSSR count). The van der Waals surface area contributed by atoms with Gasteiger partial charge in [0.1, 0.15) is 16.7 Å². The Morgan fingerprint density at radius 3 is 3.00 bits per heavy atom. The molecule has 0 aliphatic carbocycles. The molecule has 1 aromatic carbocycles. The fraction of sp³-hybridized carbons (Fsp3) is 0.182. The van der Waals surface area contributed by atoms with Gasteiger partial charge in [-0.25, -0.2) is 4.98 Å². The van der Waals surface area contributed by atoms with E-state index in [4.69, 9.17) is 16.3 Å². The van der Waals surface area contributed by atoms with Crippen molar-refractivity contribution in [1.29, 1.82) is 0 Å². The number of hydrogen-bond donors (Lipinski definition) is 1. The van der Waals surface area contributed by atoms with Crippen LogP contribution in [0.5, 0.6) is 17.5 Å². The first kappa shape index (κ1) is 10.8. The van der Waals surface area contributed by atoms with E-state index < -0.39 is 0 Å². The molecule has 2 aromatic rings. The third-order valence-electron chi connectivity index (χ3n) is 2.11. The van der Waals surface area contributed by atoms with Gasteiger partial charge in [0.05, 0.1) is 6.20 Å². The minimum absolute atomic E-state index is 0.151. The number of hydrogen-bond acceptors (Lipinski definition) is 3. The average molecular weight is 239 g/mol. The highest BCUT2D eigenvalue weighted by molar-refractivity contribution is 6.29. The fourth-order valence-corrected chi connectivity index (χ4v) is 1.60. The van der Waals surface area contributed by atoms with E-state index in [2.05, 4.69) is 4.98 Å². The van der Waals surface area contributed by atoms with E-state index in [0.29, 0.717) is 23.5 Å².